The molecule has 0 amide bonds. The Morgan fingerprint density at radius 2 is 2.21 bits per heavy atom. The maximum Gasteiger partial charge on any atom is 0.194 e. The van der Waals surface area contributed by atoms with Crippen LogP contribution in [0.1, 0.15) is 23.6 Å². The summed E-state index contributed by atoms with van der Waals surface area (Å²) in [6, 6.07) is 6.50. The fraction of sp³-hybridized carbons (Fsp3) is 0.412. The second-order valence-corrected chi connectivity index (χ2v) is 6.70. The van der Waals surface area contributed by atoms with Crippen molar-refractivity contribution in [3.63, 3.8) is 0 Å². The van der Waals surface area contributed by atoms with Crippen molar-refractivity contribution in [2.75, 3.05) is 20.1 Å². The molecule has 1 aromatic carbocycles. The summed E-state index contributed by atoms with van der Waals surface area (Å²) in [6.45, 7) is 4.12. The number of aromatic nitrogens is 1. The van der Waals surface area contributed by atoms with Crippen molar-refractivity contribution in [1.29, 1.82) is 0 Å². The zero-order valence-corrected chi connectivity index (χ0v) is 14.6. The third kappa shape index (κ3) is 4.10. The van der Waals surface area contributed by atoms with Crippen molar-refractivity contribution in [2.24, 2.45) is 4.99 Å². The molecule has 1 aliphatic heterocycles. The third-order valence-electron chi connectivity index (χ3n) is 3.89. The highest BCUT2D eigenvalue weighted by molar-refractivity contribution is 7.09. The quantitative estimate of drug-likeness (QED) is 0.684. The average Bonchev–Trinajstić information content (AvgIpc) is 3.09. The SMILES string of the molecule is CN=C(NCc1nccs1)N1CC(C)OC(c2ccc(F)cc2)C1. The van der Waals surface area contributed by atoms with Gasteiger partial charge in [0.05, 0.1) is 19.2 Å². The van der Waals surface area contributed by atoms with E-state index < -0.39 is 0 Å². The van der Waals surface area contributed by atoms with Crippen LogP contribution >= 0.6 is 11.3 Å². The Morgan fingerprint density at radius 3 is 2.88 bits per heavy atom. The van der Waals surface area contributed by atoms with E-state index >= 15 is 0 Å². The molecule has 1 aliphatic rings. The Labute approximate surface area is 145 Å². The number of ether oxygens (including phenoxy) is 1. The van der Waals surface area contributed by atoms with E-state index in [1.807, 2.05) is 12.3 Å². The van der Waals surface area contributed by atoms with Crippen molar-refractivity contribution in [2.45, 2.75) is 25.7 Å². The summed E-state index contributed by atoms with van der Waals surface area (Å²) in [5.74, 6) is 0.591. The lowest BCUT2D eigenvalue weighted by molar-refractivity contribution is -0.0605. The Morgan fingerprint density at radius 1 is 1.42 bits per heavy atom. The fourth-order valence-corrected chi connectivity index (χ4v) is 3.37. The van der Waals surface area contributed by atoms with Crippen molar-refractivity contribution in [3.05, 3.63) is 52.2 Å². The van der Waals surface area contributed by atoms with Crippen LogP contribution < -0.4 is 5.32 Å². The molecular weight excluding hydrogens is 327 g/mol. The van der Waals surface area contributed by atoms with Crippen LogP contribution in [0.25, 0.3) is 0 Å². The minimum atomic E-state index is -0.236. The number of guanidine groups is 1. The van der Waals surface area contributed by atoms with E-state index in [4.69, 9.17) is 4.74 Å². The molecule has 2 heterocycles. The molecule has 0 bridgehead atoms. The first kappa shape index (κ1) is 16.9. The van der Waals surface area contributed by atoms with E-state index in [-0.39, 0.29) is 18.0 Å². The highest BCUT2D eigenvalue weighted by Crippen LogP contribution is 2.25. The summed E-state index contributed by atoms with van der Waals surface area (Å²) >= 11 is 1.61. The van der Waals surface area contributed by atoms with Crippen LogP contribution in [0.5, 0.6) is 0 Å². The van der Waals surface area contributed by atoms with E-state index in [1.54, 1.807) is 36.7 Å². The lowest BCUT2D eigenvalue weighted by atomic mass is 10.1. The summed E-state index contributed by atoms with van der Waals surface area (Å²) in [5, 5.41) is 6.33. The molecule has 0 aliphatic carbocycles. The number of thiazole rings is 1. The minimum absolute atomic E-state index is 0.0622. The summed E-state index contributed by atoms with van der Waals surface area (Å²) in [7, 11) is 1.78. The number of hydrogen-bond acceptors (Lipinski definition) is 4. The van der Waals surface area contributed by atoms with E-state index in [0.717, 1.165) is 23.1 Å². The van der Waals surface area contributed by atoms with Crippen LogP contribution in [0.4, 0.5) is 4.39 Å². The molecule has 2 aromatic rings. The van der Waals surface area contributed by atoms with Crippen LogP contribution in [-0.2, 0) is 11.3 Å². The van der Waals surface area contributed by atoms with Crippen LogP contribution in [0, 0.1) is 5.82 Å². The number of benzene rings is 1. The molecule has 1 saturated heterocycles. The molecule has 0 spiro atoms. The fourth-order valence-electron chi connectivity index (χ4n) is 2.81. The van der Waals surface area contributed by atoms with Gasteiger partial charge in [-0.05, 0) is 24.6 Å². The summed E-state index contributed by atoms with van der Waals surface area (Å²) in [5.41, 5.74) is 0.975. The molecule has 128 valence electrons. The molecule has 5 nitrogen and oxygen atoms in total. The number of aliphatic imine (C=N–C) groups is 1. The Balaban J connectivity index is 1.68. The first-order valence-electron chi connectivity index (χ1n) is 7.90. The third-order valence-corrected chi connectivity index (χ3v) is 4.67. The molecule has 1 N–H and O–H groups in total. The predicted octanol–water partition coefficient (Wildman–Crippen LogP) is 2.82. The normalized spacial score (nSPS) is 21.8. The monoisotopic (exact) mass is 348 g/mol. The lowest BCUT2D eigenvalue weighted by Crippen LogP contribution is -2.50. The van der Waals surface area contributed by atoms with Gasteiger partial charge in [-0.2, -0.15) is 0 Å². The lowest BCUT2D eigenvalue weighted by Gasteiger charge is -2.38. The number of morpholine rings is 1. The van der Waals surface area contributed by atoms with Crippen molar-refractivity contribution in [3.8, 4) is 0 Å². The van der Waals surface area contributed by atoms with Crippen LogP contribution in [-0.4, -0.2) is 42.1 Å². The maximum atomic E-state index is 13.1. The van der Waals surface area contributed by atoms with Gasteiger partial charge in [-0.1, -0.05) is 12.1 Å². The van der Waals surface area contributed by atoms with E-state index in [1.165, 1.54) is 12.1 Å². The number of nitrogens with zero attached hydrogens (tertiary/aromatic N) is 3. The number of hydrogen-bond donors (Lipinski definition) is 1. The summed E-state index contributed by atoms with van der Waals surface area (Å²) in [6.07, 6.45) is 1.76. The molecular formula is C17H21FN4OS. The smallest absolute Gasteiger partial charge is 0.194 e. The summed E-state index contributed by atoms with van der Waals surface area (Å²) < 4.78 is 19.2. The molecule has 2 unspecified atom stereocenters. The Kier molecular flexibility index (Phi) is 5.42. The van der Waals surface area contributed by atoms with Crippen LogP contribution in [0.2, 0.25) is 0 Å². The zero-order chi connectivity index (χ0) is 16.9. The average molecular weight is 348 g/mol. The van der Waals surface area contributed by atoms with E-state index in [2.05, 4.69) is 20.2 Å². The zero-order valence-electron chi connectivity index (χ0n) is 13.8. The Hall–Kier alpha value is -1.99. The van der Waals surface area contributed by atoms with Gasteiger partial charge in [-0.25, -0.2) is 9.37 Å². The number of halogens is 1. The van der Waals surface area contributed by atoms with E-state index in [0.29, 0.717) is 13.1 Å². The van der Waals surface area contributed by atoms with Gasteiger partial charge in [-0.15, -0.1) is 11.3 Å². The standard InChI is InChI=1S/C17H21FN4OS/c1-12-10-22(17(19-2)21-9-16-20-7-8-24-16)11-15(23-12)13-3-5-14(18)6-4-13/h3-8,12,15H,9-11H2,1-2H3,(H,19,21). The van der Waals surface area contributed by atoms with Gasteiger partial charge in [-0.3, -0.25) is 4.99 Å². The van der Waals surface area contributed by atoms with Gasteiger partial charge < -0.3 is 15.0 Å². The molecule has 0 radical (unpaired) electrons. The van der Waals surface area contributed by atoms with E-state index in [9.17, 15) is 4.39 Å². The van der Waals surface area contributed by atoms with Gasteiger partial charge in [0, 0.05) is 25.2 Å². The molecule has 3 rings (SSSR count). The largest absolute Gasteiger partial charge is 0.367 e. The molecule has 24 heavy (non-hydrogen) atoms. The topological polar surface area (TPSA) is 49.8 Å². The maximum absolute atomic E-state index is 13.1. The molecule has 0 saturated carbocycles. The van der Waals surface area contributed by atoms with Crippen molar-refractivity contribution in [1.82, 2.24) is 15.2 Å². The Bertz CT molecular complexity index is 674. The first-order valence-corrected chi connectivity index (χ1v) is 8.78. The van der Waals surface area contributed by atoms with Gasteiger partial charge in [0.2, 0.25) is 0 Å². The molecule has 1 fully saturated rings. The molecule has 7 heteroatoms. The van der Waals surface area contributed by atoms with Crippen molar-refractivity contribution >= 4 is 17.3 Å². The first-order chi connectivity index (χ1) is 11.7. The summed E-state index contributed by atoms with van der Waals surface area (Å²) in [4.78, 5) is 10.8. The van der Waals surface area contributed by atoms with Crippen molar-refractivity contribution < 1.29 is 9.13 Å². The number of rotatable bonds is 3. The predicted molar refractivity (Wildman–Crippen MR) is 93.6 cm³/mol. The minimum Gasteiger partial charge on any atom is -0.367 e. The van der Waals surface area contributed by atoms with Gasteiger partial charge in [0.25, 0.3) is 0 Å². The second kappa shape index (κ2) is 7.72. The number of nitrogens with one attached hydrogen (secondary N) is 1. The molecule has 2 atom stereocenters. The molecule has 1 aromatic heterocycles. The van der Waals surface area contributed by atoms with Crippen LogP contribution in [0.3, 0.4) is 0 Å². The second-order valence-electron chi connectivity index (χ2n) is 5.72. The highest BCUT2D eigenvalue weighted by atomic mass is 32.1. The van der Waals surface area contributed by atoms with Gasteiger partial charge >= 0.3 is 0 Å². The highest BCUT2D eigenvalue weighted by Gasteiger charge is 2.28. The van der Waals surface area contributed by atoms with Gasteiger partial charge in [0.1, 0.15) is 16.9 Å². The van der Waals surface area contributed by atoms with Gasteiger partial charge in [0.15, 0.2) is 5.96 Å². The van der Waals surface area contributed by atoms with Crippen LogP contribution in [0.15, 0.2) is 40.8 Å².